The maximum absolute atomic E-state index is 12.2. The Bertz CT molecular complexity index is 722. The molecular formula is C15H12BrCl2NO3. The van der Waals surface area contributed by atoms with Crippen LogP contribution in [-0.4, -0.2) is 20.1 Å². The second-order valence-corrected chi connectivity index (χ2v) is 5.95. The van der Waals surface area contributed by atoms with Crippen molar-refractivity contribution in [2.75, 3.05) is 19.5 Å². The lowest BCUT2D eigenvalue weighted by molar-refractivity contribution is 0.102. The van der Waals surface area contributed by atoms with Gasteiger partial charge in [0.25, 0.3) is 5.91 Å². The monoisotopic (exact) mass is 403 g/mol. The predicted octanol–water partition coefficient (Wildman–Crippen LogP) is 5.03. The average Bonchev–Trinajstić information content (AvgIpc) is 2.49. The molecule has 0 bridgehead atoms. The Morgan fingerprint density at radius 3 is 2.41 bits per heavy atom. The van der Waals surface area contributed by atoms with E-state index in [0.717, 1.165) is 0 Å². The zero-order chi connectivity index (χ0) is 16.3. The van der Waals surface area contributed by atoms with Crippen LogP contribution in [0.1, 0.15) is 10.4 Å². The maximum atomic E-state index is 12.2. The van der Waals surface area contributed by atoms with Crippen molar-refractivity contribution in [2.24, 2.45) is 0 Å². The van der Waals surface area contributed by atoms with Crippen LogP contribution in [0.4, 0.5) is 5.69 Å². The summed E-state index contributed by atoms with van der Waals surface area (Å²) in [5.41, 5.74) is 0.959. The second kappa shape index (κ2) is 7.22. The third-order valence-corrected chi connectivity index (χ3v) is 4.20. The number of carbonyl (C=O) groups excluding carboxylic acids is 1. The molecule has 1 amide bonds. The normalized spacial score (nSPS) is 10.2. The summed E-state index contributed by atoms with van der Waals surface area (Å²) in [6.45, 7) is 0. The van der Waals surface area contributed by atoms with Gasteiger partial charge in [0.15, 0.2) is 11.5 Å². The number of methoxy groups -OCH3 is 2. The van der Waals surface area contributed by atoms with Crippen molar-refractivity contribution in [3.8, 4) is 11.5 Å². The number of carbonyl (C=O) groups is 1. The van der Waals surface area contributed by atoms with Gasteiger partial charge in [0, 0.05) is 17.3 Å². The molecule has 2 rings (SSSR count). The smallest absolute Gasteiger partial charge is 0.255 e. The highest BCUT2D eigenvalue weighted by Crippen LogP contribution is 2.38. The van der Waals surface area contributed by atoms with Gasteiger partial charge in [0.2, 0.25) is 0 Å². The van der Waals surface area contributed by atoms with Gasteiger partial charge in [-0.3, -0.25) is 4.79 Å². The van der Waals surface area contributed by atoms with Crippen molar-refractivity contribution in [1.29, 1.82) is 0 Å². The summed E-state index contributed by atoms with van der Waals surface area (Å²) < 4.78 is 11.1. The lowest BCUT2D eigenvalue weighted by Crippen LogP contribution is -2.12. The highest BCUT2D eigenvalue weighted by Gasteiger charge is 2.13. The topological polar surface area (TPSA) is 47.6 Å². The highest BCUT2D eigenvalue weighted by molar-refractivity contribution is 9.10. The van der Waals surface area contributed by atoms with Crippen molar-refractivity contribution < 1.29 is 14.3 Å². The molecule has 0 unspecified atom stereocenters. The van der Waals surface area contributed by atoms with Crippen molar-refractivity contribution in [1.82, 2.24) is 0 Å². The standard InChI is InChI=1S/C15H12BrCl2NO3/c1-21-13-7-9(6-10(16)14(13)22-2)19-15(20)8-3-4-11(17)12(18)5-8/h3-7H,1-2H3,(H,19,20). The average molecular weight is 405 g/mol. The summed E-state index contributed by atoms with van der Waals surface area (Å²) in [6.07, 6.45) is 0. The molecule has 0 heterocycles. The zero-order valence-corrected chi connectivity index (χ0v) is 14.8. The summed E-state index contributed by atoms with van der Waals surface area (Å²) in [4.78, 5) is 12.2. The molecule has 22 heavy (non-hydrogen) atoms. The van der Waals surface area contributed by atoms with E-state index in [-0.39, 0.29) is 5.91 Å². The van der Waals surface area contributed by atoms with Gasteiger partial charge < -0.3 is 14.8 Å². The van der Waals surface area contributed by atoms with Crippen LogP contribution in [-0.2, 0) is 0 Å². The fraction of sp³-hybridized carbons (Fsp3) is 0.133. The zero-order valence-electron chi connectivity index (χ0n) is 11.7. The first-order valence-corrected chi connectivity index (χ1v) is 7.69. The number of amides is 1. The first kappa shape index (κ1) is 16.9. The molecule has 4 nitrogen and oxygen atoms in total. The van der Waals surface area contributed by atoms with Gasteiger partial charge in [0.05, 0.1) is 28.7 Å². The van der Waals surface area contributed by atoms with Crippen molar-refractivity contribution >= 4 is 50.7 Å². The number of rotatable bonds is 4. The van der Waals surface area contributed by atoms with E-state index >= 15 is 0 Å². The van der Waals surface area contributed by atoms with Gasteiger partial charge in [-0.15, -0.1) is 0 Å². The SMILES string of the molecule is COc1cc(NC(=O)c2ccc(Cl)c(Cl)c2)cc(Br)c1OC. The number of hydrogen-bond donors (Lipinski definition) is 1. The quantitative estimate of drug-likeness (QED) is 0.777. The highest BCUT2D eigenvalue weighted by atomic mass is 79.9. The van der Waals surface area contributed by atoms with E-state index in [1.54, 1.807) is 24.3 Å². The molecule has 7 heteroatoms. The van der Waals surface area contributed by atoms with Crippen molar-refractivity contribution in [3.63, 3.8) is 0 Å². The van der Waals surface area contributed by atoms with Crippen LogP contribution in [0.5, 0.6) is 11.5 Å². The van der Waals surface area contributed by atoms with Crippen LogP contribution < -0.4 is 14.8 Å². The molecule has 0 atom stereocenters. The van der Waals surface area contributed by atoms with E-state index < -0.39 is 0 Å². The van der Waals surface area contributed by atoms with Crippen LogP contribution >= 0.6 is 39.1 Å². The van der Waals surface area contributed by atoms with Gasteiger partial charge in [-0.2, -0.15) is 0 Å². The summed E-state index contributed by atoms with van der Waals surface area (Å²) in [7, 11) is 3.06. The Labute approximate surface area is 146 Å². The number of benzene rings is 2. The molecule has 0 spiro atoms. The molecular weight excluding hydrogens is 393 g/mol. The van der Waals surface area contributed by atoms with E-state index in [1.807, 2.05) is 0 Å². The van der Waals surface area contributed by atoms with E-state index in [0.29, 0.717) is 37.3 Å². The fourth-order valence-corrected chi connectivity index (χ4v) is 2.73. The van der Waals surface area contributed by atoms with E-state index in [1.165, 1.54) is 20.3 Å². The van der Waals surface area contributed by atoms with Gasteiger partial charge in [-0.05, 0) is 40.2 Å². The lowest BCUT2D eigenvalue weighted by Gasteiger charge is -2.13. The first-order chi connectivity index (χ1) is 10.5. The second-order valence-electron chi connectivity index (χ2n) is 4.28. The molecule has 0 aliphatic rings. The molecule has 0 aliphatic heterocycles. The van der Waals surface area contributed by atoms with Crippen molar-refractivity contribution in [3.05, 3.63) is 50.4 Å². The lowest BCUT2D eigenvalue weighted by atomic mass is 10.2. The summed E-state index contributed by atoms with van der Waals surface area (Å²) in [6, 6.07) is 8.06. The van der Waals surface area contributed by atoms with Crippen LogP contribution in [0.2, 0.25) is 10.0 Å². The van der Waals surface area contributed by atoms with Crippen LogP contribution in [0.3, 0.4) is 0 Å². The van der Waals surface area contributed by atoms with Gasteiger partial charge in [0.1, 0.15) is 0 Å². The Balaban J connectivity index is 2.28. The molecule has 0 saturated carbocycles. The number of nitrogens with one attached hydrogen (secondary N) is 1. The molecule has 116 valence electrons. The number of hydrogen-bond acceptors (Lipinski definition) is 3. The van der Waals surface area contributed by atoms with Crippen LogP contribution in [0.25, 0.3) is 0 Å². The van der Waals surface area contributed by atoms with Gasteiger partial charge in [-0.1, -0.05) is 23.2 Å². The third kappa shape index (κ3) is 3.66. The summed E-state index contributed by atoms with van der Waals surface area (Å²) in [5, 5.41) is 3.48. The minimum Gasteiger partial charge on any atom is -0.493 e. The Hall–Kier alpha value is -1.43. The Morgan fingerprint density at radius 2 is 1.82 bits per heavy atom. The number of ether oxygens (including phenoxy) is 2. The maximum Gasteiger partial charge on any atom is 0.255 e. The van der Waals surface area contributed by atoms with E-state index in [9.17, 15) is 4.79 Å². The Morgan fingerprint density at radius 1 is 1.09 bits per heavy atom. The van der Waals surface area contributed by atoms with E-state index in [4.69, 9.17) is 32.7 Å². The van der Waals surface area contributed by atoms with Crippen LogP contribution in [0.15, 0.2) is 34.8 Å². The van der Waals surface area contributed by atoms with Crippen LogP contribution in [0, 0.1) is 0 Å². The first-order valence-electron chi connectivity index (χ1n) is 6.14. The third-order valence-electron chi connectivity index (χ3n) is 2.87. The molecule has 0 saturated heterocycles. The molecule has 1 N–H and O–H groups in total. The fourth-order valence-electron chi connectivity index (χ4n) is 1.83. The molecule has 0 radical (unpaired) electrons. The molecule has 2 aromatic carbocycles. The molecule has 2 aromatic rings. The summed E-state index contributed by atoms with van der Waals surface area (Å²) >= 11 is 15.1. The molecule has 0 aromatic heterocycles. The van der Waals surface area contributed by atoms with E-state index in [2.05, 4.69) is 21.2 Å². The predicted molar refractivity (Wildman–Crippen MR) is 91.7 cm³/mol. The largest absolute Gasteiger partial charge is 0.493 e. The van der Waals surface area contributed by atoms with Gasteiger partial charge in [-0.25, -0.2) is 0 Å². The molecule has 0 fully saturated rings. The number of anilines is 1. The van der Waals surface area contributed by atoms with Gasteiger partial charge >= 0.3 is 0 Å². The molecule has 0 aliphatic carbocycles. The Kier molecular flexibility index (Phi) is 5.56. The minimum atomic E-state index is -0.308. The van der Waals surface area contributed by atoms with Crippen molar-refractivity contribution in [2.45, 2.75) is 0 Å². The number of halogens is 3. The minimum absolute atomic E-state index is 0.308. The summed E-state index contributed by atoms with van der Waals surface area (Å²) in [5.74, 6) is 0.744.